The Balaban J connectivity index is 1.33. The minimum Gasteiger partial charge on any atom is -0.472 e. The Kier molecular flexibility index (Phi) is 3.41. The molecule has 25 heavy (non-hydrogen) atoms. The molecule has 1 saturated carbocycles. The second-order valence-corrected chi connectivity index (χ2v) is 7.38. The van der Waals surface area contributed by atoms with Crippen LogP contribution in [0.3, 0.4) is 0 Å². The highest BCUT2D eigenvalue weighted by molar-refractivity contribution is 5.94. The van der Waals surface area contributed by atoms with Crippen molar-refractivity contribution >= 4 is 5.91 Å². The summed E-state index contributed by atoms with van der Waals surface area (Å²) in [4.78, 5) is 23.6. The van der Waals surface area contributed by atoms with E-state index in [1.165, 1.54) is 44.6 Å². The van der Waals surface area contributed by atoms with Crippen molar-refractivity contribution in [2.75, 3.05) is 13.1 Å². The molecule has 2 aromatic rings. The number of ether oxygens (including phenoxy) is 1. The normalized spacial score (nSPS) is 22.0. The summed E-state index contributed by atoms with van der Waals surface area (Å²) in [6.45, 7) is 1.62. The van der Waals surface area contributed by atoms with Crippen LogP contribution in [0.2, 0.25) is 0 Å². The predicted molar refractivity (Wildman–Crippen MR) is 88.9 cm³/mol. The molecular formula is C19H21N3O3. The lowest BCUT2D eigenvalue weighted by Gasteiger charge is -2.47. The quantitative estimate of drug-likeness (QED) is 0.841. The fraction of sp³-hybridized carbons (Fsp3) is 0.526. The van der Waals surface area contributed by atoms with Crippen molar-refractivity contribution in [3.8, 4) is 0 Å². The van der Waals surface area contributed by atoms with Crippen LogP contribution in [0.25, 0.3) is 0 Å². The Morgan fingerprint density at radius 2 is 2.08 bits per heavy atom. The number of hydrogen-bond acceptors (Lipinski definition) is 5. The molecule has 0 radical (unpaired) electrons. The van der Waals surface area contributed by atoms with Crippen molar-refractivity contribution in [3.05, 3.63) is 47.4 Å². The number of amides is 1. The SMILES string of the molecule is O=C(c1ccoc1)N1CC2(C1)OCc1nc(C3CCCCC3)ncc12. The van der Waals surface area contributed by atoms with Gasteiger partial charge in [0.15, 0.2) is 0 Å². The molecule has 4 heterocycles. The number of furan rings is 1. The number of hydrogen-bond donors (Lipinski definition) is 0. The molecule has 1 saturated heterocycles. The molecule has 0 N–H and O–H groups in total. The summed E-state index contributed by atoms with van der Waals surface area (Å²) in [5.74, 6) is 1.46. The number of fused-ring (bicyclic) bond motifs is 2. The van der Waals surface area contributed by atoms with Gasteiger partial charge in [-0.3, -0.25) is 4.79 Å². The summed E-state index contributed by atoms with van der Waals surface area (Å²) in [6, 6.07) is 1.69. The van der Waals surface area contributed by atoms with Crippen molar-refractivity contribution in [1.29, 1.82) is 0 Å². The number of carbonyl (C=O) groups excluding carboxylic acids is 1. The van der Waals surface area contributed by atoms with Crippen LogP contribution in [-0.4, -0.2) is 33.9 Å². The summed E-state index contributed by atoms with van der Waals surface area (Å²) in [5, 5.41) is 0. The van der Waals surface area contributed by atoms with Gasteiger partial charge in [-0.2, -0.15) is 0 Å². The van der Waals surface area contributed by atoms with Gasteiger partial charge in [-0.15, -0.1) is 0 Å². The Morgan fingerprint density at radius 1 is 1.24 bits per heavy atom. The average Bonchev–Trinajstić information content (AvgIpc) is 3.28. The summed E-state index contributed by atoms with van der Waals surface area (Å²) in [7, 11) is 0. The summed E-state index contributed by atoms with van der Waals surface area (Å²) >= 11 is 0. The molecule has 0 bridgehead atoms. The third-order valence-corrected chi connectivity index (χ3v) is 5.78. The van der Waals surface area contributed by atoms with Gasteiger partial charge in [0.2, 0.25) is 0 Å². The molecular weight excluding hydrogens is 318 g/mol. The predicted octanol–water partition coefficient (Wildman–Crippen LogP) is 3.00. The zero-order chi connectivity index (χ0) is 16.9. The minimum atomic E-state index is -0.417. The molecule has 2 fully saturated rings. The lowest BCUT2D eigenvalue weighted by Crippen LogP contribution is -2.61. The van der Waals surface area contributed by atoms with Gasteiger partial charge in [-0.05, 0) is 18.9 Å². The molecule has 3 aliphatic rings. The molecule has 6 nitrogen and oxygen atoms in total. The number of carbonyl (C=O) groups is 1. The molecule has 2 aliphatic heterocycles. The molecule has 0 unspecified atom stereocenters. The molecule has 1 aliphatic carbocycles. The molecule has 0 atom stereocenters. The lowest BCUT2D eigenvalue weighted by atomic mass is 9.86. The average molecular weight is 339 g/mol. The Bertz CT molecular complexity index is 790. The van der Waals surface area contributed by atoms with Crippen LogP contribution < -0.4 is 0 Å². The van der Waals surface area contributed by atoms with E-state index >= 15 is 0 Å². The standard InChI is InChI=1S/C19H21N3O3/c23-18(14-6-7-24-9-14)22-11-19(12-22)15-8-20-17(21-16(15)10-25-19)13-4-2-1-3-5-13/h6-9,13H,1-5,10-12H2. The fourth-order valence-electron chi connectivity index (χ4n) is 4.31. The van der Waals surface area contributed by atoms with E-state index in [9.17, 15) is 4.79 Å². The Morgan fingerprint density at radius 3 is 2.84 bits per heavy atom. The first kappa shape index (κ1) is 15.1. The zero-order valence-corrected chi connectivity index (χ0v) is 14.1. The van der Waals surface area contributed by atoms with Crippen molar-refractivity contribution in [2.45, 2.75) is 50.2 Å². The Hall–Kier alpha value is -2.21. The summed E-state index contributed by atoms with van der Waals surface area (Å²) in [6.07, 6.45) is 11.2. The maximum atomic E-state index is 12.4. The summed E-state index contributed by atoms with van der Waals surface area (Å²) in [5.41, 5.74) is 2.23. The van der Waals surface area contributed by atoms with Gasteiger partial charge in [0.1, 0.15) is 17.7 Å². The van der Waals surface area contributed by atoms with Crippen molar-refractivity contribution in [2.24, 2.45) is 0 Å². The van der Waals surface area contributed by atoms with E-state index in [0.717, 1.165) is 17.1 Å². The molecule has 2 aromatic heterocycles. The largest absolute Gasteiger partial charge is 0.472 e. The van der Waals surface area contributed by atoms with Crippen molar-refractivity contribution < 1.29 is 13.9 Å². The highest BCUT2D eigenvalue weighted by atomic mass is 16.5. The van der Waals surface area contributed by atoms with Crippen LogP contribution in [0.4, 0.5) is 0 Å². The first-order valence-electron chi connectivity index (χ1n) is 9.07. The van der Waals surface area contributed by atoms with Crippen LogP contribution in [0.5, 0.6) is 0 Å². The lowest BCUT2D eigenvalue weighted by molar-refractivity contribution is -0.126. The third-order valence-electron chi connectivity index (χ3n) is 5.78. The fourth-order valence-corrected chi connectivity index (χ4v) is 4.31. The highest BCUT2D eigenvalue weighted by Gasteiger charge is 2.52. The van der Waals surface area contributed by atoms with E-state index in [4.69, 9.17) is 14.1 Å². The Labute approximate surface area is 146 Å². The van der Waals surface area contributed by atoms with E-state index in [-0.39, 0.29) is 5.91 Å². The van der Waals surface area contributed by atoms with E-state index < -0.39 is 5.60 Å². The van der Waals surface area contributed by atoms with Crippen LogP contribution in [-0.2, 0) is 16.9 Å². The van der Waals surface area contributed by atoms with Gasteiger partial charge >= 0.3 is 0 Å². The molecule has 5 rings (SSSR count). The number of rotatable bonds is 2. The number of likely N-dealkylation sites (tertiary alicyclic amines) is 1. The van der Waals surface area contributed by atoms with Crippen molar-refractivity contribution in [1.82, 2.24) is 14.9 Å². The maximum Gasteiger partial charge on any atom is 0.257 e. The van der Waals surface area contributed by atoms with Crippen LogP contribution in [0.15, 0.2) is 29.2 Å². The molecule has 0 aromatic carbocycles. The van der Waals surface area contributed by atoms with E-state index in [1.807, 2.05) is 6.20 Å². The van der Waals surface area contributed by atoms with Crippen molar-refractivity contribution in [3.63, 3.8) is 0 Å². The second kappa shape index (κ2) is 5.66. The number of nitrogens with zero attached hydrogens (tertiary/aromatic N) is 3. The van der Waals surface area contributed by atoms with E-state index in [0.29, 0.717) is 31.2 Å². The molecule has 130 valence electrons. The van der Waals surface area contributed by atoms with Gasteiger partial charge in [0, 0.05) is 17.7 Å². The number of aromatic nitrogens is 2. The van der Waals surface area contributed by atoms with Gasteiger partial charge in [0.05, 0.1) is 37.2 Å². The van der Waals surface area contributed by atoms with Crippen LogP contribution >= 0.6 is 0 Å². The van der Waals surface area contributed by atoms with Crippen LogP contribution in [0.1, 0.15) is 65.5 Å². The highest BCUT2D eigenvalue weighted by Crippen LogP contribution is 2.43. The molecule has 1 amide bonds. The first-order valence-corrected chi connectivity index (χ1v) is 9.07. The van der Waals surface area contributed by atoms with Gasteiger partial charge in [-0.25, -0.2) is 9.97 Å². The molecule has 1 spiro atoms. The third kappa shape index (κ3) is 2.39. The van der Waals surface area contributed by atoms with Gasteiger partial charge in [-0.1, -0.05) is 19.3 Å². The monoisotopic (exact) mass is 339 g/mol. The van der Waals surface area contributed by atoms with Crippen LogP contribution in [0, 0.1) is 0 Å². The minimum absolute atomic E-state index is 0.0174. The summed E-state index contributed by atoms with van der Waals surface area (Å²) < 4.78 is 11.1. The molecule has 6 heteroatoms. The topological polar surface area (TPSA) is 68.5 Å². The van der Waals surface area contributed by atoms with Gasteiger partial charge in [0.25, 0.3) is 5.91 Å². The van der Waals surface area contributed by atoms with E-state index in [2.05, 4.69) is 4.98 Å². The maximum absolute atomic E-state index is 12.4. The van der Waals surface area contributed by atoms with Gasteiger partial charge < -0.3 is 14.1 Å². The second-order valence-electron chi connectivity index (χ2n) is 7.38. The zero-order valence-electron chi connectivity index (χ0n) is 14.1. The smallest absolute Gasteiger partial charge is 0.257 e. The first-order chi connectivity index (χ1) is 12.3. The van der Waals surface area contributed by atoms with E-state index in [1.54, 1.807) is 11.0 Å².